The Balaban J connectivity index is 1.20. The first-order chi connectivity index (χ1) is 17.6. The minimum atomic E-state index is -0.416. The van der Waals surface area contributed by atoms with Crippen molar-refractivity contribution in [2.45, 2.75) is 114 Å². The lowest BCUT2D eigenvalue weighted by Crippen LogP contribution is -2.58. The zero-order chi connectivity index (χ0) is 24.2. The molecule has 1 aromatic heterocycles. The molecule has 2 saturated carbocycles. The van der Waals surface area contributed by atoms with Crippen molar-refractivity contribution in [1.29, 1.82) is 0 Å². The lowest BCUT2D eigenvalue weighted by atomic mass is 9.73. The van der Waals surface area contributed by atoms with Gasteiger partial charge >= 0.3 is 6.03 Å². The third kappa shape index (κ3) is 4.04. The van der Waals surface area contributed by atoms with Gasteiger partial charge in [-0.25, -0.2) is 9.78 Å². The van der Waals surface area contributed by atoms with E-state index in [-0.39, 0.29) is 18.4 Å². The van der Waals surface area contributed by atoms with Gasteiger partial charge in [-0.3, -0.25) is 15.0 Å². The molecule has 7 heteroatoms. The molecule has 0 spiro atoms. The van der Waals surface area contributed by atoms with E-state index in [0.717, 1.165) is 47.6 Å². The number of urea groups is 1. The third-order valence-corrected chi connectivity index (χ3v) is 10.0. The van der Waals surface area contributed by atoms with Gasteiger partial charge in [0.15, 0.2) is 0 Å². The van der Waals surface area contributed by atoms with Gasteiger partial charge in [-0.15, -0.1) is 0 Å². The van der Waals surface area contributed by atoms with Crippen molar-refractivity contribution in [3.63, 3.8) is 0 Å². The van der Waals surface area contributed by atoms with Crippen LogP contribution >= 0.6 is 0 Å². The molecule has 1 aromatic carbocycles. The second-order valence-corrected chi connectivity index (χ2v) is 12.3. The lowest BCUT2D eigenvalue weighted by molar-refractivity contribution is -0.121. The van der Waals surface area contributed by atoms with E-state index in [4.69, 9.17) is 4.98 Å². The summed E-state index contributed by atoms with van der Waals surface area (Å²) < 4.78 is 2.40. The molecule has 4 heterocycles. The van der Waals surface area contributed by atoms with Crippen LogP contribution in [0.15, 0.2) is 24.3 Å². The highest BCUT2D eigenvalue weighted by Gasteiger charge is 2.45. The Hall–Kier alpha value is -2.41. The Bertz CT molecular complexity index is 1120. The van der Waals surface area contributed by atoms with Crippen LogP contribution in [0.2, 0.25) is 0 Å². The van der Waals surface area contributed by atoms with Crippen LogP contribution in [-0.4, -0.2) is 44.5 Å². The number of nitrogens with one attached hydrogen (secondary N) is 2. The standard InChI is InChI=1S/C29H39N5O2/c35-27-17-25(31-29(36)32-27)28-30-24-10-3-4-11-26(24)34(28)23-15-20-8-5-9-21(16-23)33(20)22-13-18-6-1-2-7-19(12-18)14-22/h3-4,10-11,18-23,25H,1-2,5-9,12-17H2,(H2,31,32,35,36)/t18-,19+,20-,21+,22?,23?,25?. The van der Waals surface area contributed by atoms with E-state index < -0.39 is 6.03 Å². The van der Waals surface area contributed by atoms with Crippen molar-refractivity contribution in [2.75, 3.05) is 0 Å². The summed E-state index contributed by atoms with van der Waals surface area (Å²) in [6.07, 6.45) is 16.5. The minimum Gasteiger partial charge on any atom is -0.327 e. The molecule has 5 aliphatic rings. The first-order valence-corrected chi connectivity index (χ1v) is 14.5. The van der Waals surface area contributed by atoms with Crippen LogP contribution in [0.5, 0.6) is 0 Å². The number of nitrogens with zero attached hydrogens (tertiary/aromatic N) is 3. The molecule has 5 fully saturated rings. The highest BCUT2D eigenvalue weighted by molar-refractivity contribution is 5.97. The van der Waals surface area contributed by atoms with E-state index in [1.54, 1.807) is 0 Å². The van der Waals surface area contributed by atoms with Crippen LogP contribution in [0.1, 0.15) is 101 Å². The maximum Gasteiger partial charge on any atom is 0.322 e. The highest BCUT2D eigenvalue weighted by Crippen LogP contribution is 2.47. The number of aromatic nitrogens is 2. The number of benzene rings is 1. The number of imide groups is 1. The molecule has 0 radical (unpaired) electrons. The zero-order valence-corrected chi connectivity index (χ0v) is 21.2. The Kier molecular flexibility index (Phi) is 5.79. The predicted molar refractivity (Wildman–Crippen MR) is 138 cm³/mol. The number of carbonyl (C=O) groups is 2. The molecule has 2 aliphatic carbocycles. The predicted octanol–water partition coefficient (Wildman–Crippen LogP) is 5.22. The summed E-state index contributed by atoms with van der Waals surface area (Å²) in [4.78, 5) is 32.4. The average molecular weight is 490 g/mol. The molecule has 7 rings (SSSR count). The van der Waals surface area contributed by atoms with Gasteiger partial charge < -0.3 is 9.88 Å². The van der Waals surface area contributed by atoms with Crippen LogP contribution in [0.4, 0.5) is 4.79 Å². The fourth-order valence-corrected chi connectivity index (χ4v) is 8.76. The summed E-state index contributed by atoms with van der Waals surface area (Å²) in [5, 5.41) is 5.35. The molecule has 3 amide bonds. The molecule has 3 unspecified atom stereocenters. The molecule has 192 valence electrons. The second-order valence-electron chi connectivity index (χ2n) is 12.3. The van der Waals surface area contributed by atoms with E-state index in [2.05, 4.69) is 38.3 Å². The van der Waals surface area contributed by atoms with E-state index in [9.17, 15) is 9.59 Å². The van der Waals surface area contributed by atoms with E-state index in [1.165, 1.54) is 64.2 Å². The van der Waals surface area contributed by atoms with Crippen LogP contribution in [-0.2, 0) is 4.79 Å². The smallest absolute Gasteiger partial charge is 0.322 e. The number of imidazole rings is 1. The van der Waals surface area contributed by atoms with Gasteiger partial charge in [0.05, 0.1) is 23.5 Å². The summed E-state index contributed by atoms with van der Waals surface area (Å²) in [5.74, 6) is 2.51. The number of carbonyl (C=O) groups excluding carboxylic acids is 2. The third-order valence-electron chi connectivity index (χ3n) is 10.0. The largest absolute Gasteiger partial charge is 0.327 e. The van der Waals surface area contributed by atoms with Crippen LogP contribution in [0.3, 0.4) is 0 Å². The van der Waals surface area contributed by atoms with E-state index in [1.807, 2.05) is 6.07 Å². The van der Waals surface area contributed by atoms with Gasteiger partial charge in [-0.1, -0.05) is 44.2 Å². The van der Waals surface area contributed by atoms with Gasteiger partial charge in [0.25, 0.3) is 0 Å². The molecule has 2 aromatic rings. The molecule has 36 heavy (non-hydrogen) atoms. The van der Waals surface area contributed by atoms with Crippen LogP contribution < -0.4 is 10.6 Å². The summed E-state index contributed by atoms with van der Waals surface area (Å²) in [6.45, 7) is 0. The van der Waals surface area contributed by atoms with Crippen molar-refractivity contribution >= 4 is 23.0 Å². The van der Waals surface area contributed by atoms with Gasteiger partial charge in [-0.05, 0) is 68.9 Å². The normalized spacial score (nSPS) is 37.3. The Morgan fingerprint density at radius 2 is 1.50 bits per heavy atom. The Labute approximate surface area is 213 Å². The fourth-order valence-electron chi connectivity index (χ4n) is 8.76. The molecule has 3 saturated heterocycles. The van der Waals surface area contributed by atoms with Crippen molar-refractivity contribution < 1.29 is 9.59 Å². The van der Waals surface area contributed by atoms with E-state index in [0.29, 0.717) is 18.1 Å². The Morgan fingerprint density at radius 3 is 2.22 bits per heavy atom. The summed E-state index contributed by atoms with van der Waals surface area (Å²) in [5.41, 5.74) is 2.09. The molecule has 7 atom stereocenters. The van der Waals surface area contributed by atoms with E-state index >= 15 is 0 Å². The number of amides is 3. The number of hydrogen-bond donors (Lipinski definition) is 2. The van der Waals surface area contributed by atoms with Gasteiger partial charge in [0.2, 0.25) is 5.91 Å². The van der Waals surface area contributed by atoms with Crippen molar-refractivity contribution in [2.24, 2.45) is 11.8 Å². The number of rotatable bonds is 3. The van der Waals surface area contributed by atoms with Gasteiger partial charge in [-0.2, -0.15) is 0 Å². The number of hydrogen-bond acceptors (Lipinski definition) is 4. The second kappa shape index (κ2) is 9.16. The first-order valence-electron chi connectivity index (χ1n) is 14.5. The van der Waals surface area contributed by atoms with Crippen molar-refractivity contribution in [3.05, 3.63) is 30.1 Å². The van der Waals surface area contributed by atoms with Crippen LogP contribution in [0.25, 0.3) is 11.0 Å². The van der Waals surface area contributed by atoms with Crippen molar-refractivity contribution in [3.8, 4) is 0 Å². The maximum absolute atomic E-state index is 12.2. The van der Waals surface area contributed by atoms with Crippen LogP contribution in [0, 0.1) is 11.8 Å². The number of para-hydroxylation sites is 2. The molecule has 3 aliphatic heterocycles. The summed E-state index contributed by atoms with van der Waals surface area (Å²) in [6, 6.07) is 9.90. The molecular formula is C29H39N5O2. The quantitative estimate of drug-likeness (QED) is 0.619. The average Bonchev–Trinajstić information content (AvgIpc) is 3.16. The van der Waals surface area contributed by atoms with Gasteiger partial charge in [0.1, 0.15) is 5.82 Å². The SMILES string of the molecule is O=C1CC(c2nc3ccccc3n2C2C[C@H]3CCC[C@@H](C2)N3C2C[C@H]3CCCC[C@@H](C2)C3)NC(=O)N1. The number of fused-ring (bicyclic) bond motifs is 5. The topological polar surface area (TPSA) is 79.3 Å². The Morgan fingerprint density at radius 1 is 0.778 bits per heavy atom. The molecule has 4 bridgehead atoms. The lowest BCUT2D eigenvalue weighted by Gasteiger charge is -2.54. The zero-order valence-electron chi connectivity index (χ0n) is 21.2. The monoisotopic (exact) mass is 489 g/mol. The number of piperidine rings is 2. The minimum absolute atomic E-state index is 0.229. The van der Waals surface area contributed by atoms with Gasteiger partial charge in [0, 0.05) is 24.2 Å². The highest BCUT2D eigenvalue weighted by atomic mass is 16.2. The first kappa shape index (κ1) is 22.8. The summed E-state index contributed by atoms with van der Waals surface area (Å²) in [7, 11) is 0. The summed E-state index contributed by atoms with van der Waals surface area (Å²) >= 11 is 0. The molecular weight excluding hydrogens is 450 g/mol. The van der Waals surface area contributed by atoms with Crippen molar-refractivity contribution in [1.82, 2.24) is 25.1 Å². The maximum atomic E-state index is 12.2. The molecule has 7 nitrogen and oxygen atoms in total. The fraction of sp³-hybridized carbons (Fsp3) is 0.690. The molecule has 2 N–H and O–H groups in total.